The molecule has 4 rings (SSSR count). The number of fused-ring (bicyclic) bond motifs is 1. The van der Waals surface area contributed by atoms with E-state index in [1.54, 1.807) is 13.3 Å². The summed E-state index contributed by atoms with van der Waals surface area (Å²) in [4.78, 5) is 12.6. The third kappa shape index (κ3) is 3.46. The van der Waals surface area contributed by atoms with Crippen molar-refractivity contribution >= 4 is 12.1 Å². The van der Waals surface area contributed by atoms with Gasteiger partial charge in [0, 0.05) is 11.3 Å². The van der Waals surface area contributed by atoms with Crippen LogP contribution in [0.2, 0.25) is 0 Å². The van der Waals surface area contributed by atoms with Crippen molar-refractivity contribution in [1.82, 2.24) is 15.2 Å². The Labute approximate surface area is 157 Å². The number of ether oxygens (including phenoxy) is 1. The number of rotatable bonds is 5. The molecule has 2 aromatic carbocycles. The molecule has 6 nitrogen and oxygen atoms in total. The van der Waals surface area contributed by atoms with Crippen LogP contribution in [0.5, 0.6) is 5.75 Å². The van der Waals surface area contributed by atoms with Crippen LogP contribution >= 0.6 is 0 Å². The molecule has 0 unspecified atom stereocenters. The minimum absolute atomic E-state index is 0.290. The number of benzene rings is 2. The molecule has 1 aromatic heterocycles. The number of aromatic nitrogens is 2. The van der Waals surface area contributed by atoms with Gasteiger partial charge >= 0.3 is 0 Å². The van der Waals surface area contributed by atoms with E-state index in [-0.39, 0.29) is 5.91 Å². The molecule has 0 saturated carbocycles. The van der Waals surface area contributed by atoms with Gasteiger partial charge in [0.15, 0.2) is 5.69 Å². The second-order valence-electron chi connectivity index (χ2n) is 6.35. The lowest BCUT2D eigenvalue weighted by Crippen LogP contribution is -2.20. The number of para-hydroxylation sites is 1. The quantitative estimate of drug-likeness (QED) is 0.561. The summed E-state index contributed by atoms with van der Waals surface area (Å²) in [6, 6.07) is 17.4. The summed E-state index contributed by atoms with van der Waals surface area (Å²) in [5, 5.41) is 8.64. The first-order chi connectivity index (χ1) is 13.3. The molecule has 1 amide bonds. The average molecular weight is 360 g/mol. The topological polar surface area (TPSA) is 68.5 Å². The Balaban J connectivity index is 1.55. The van der Waals surface area contributed by atoms with Crippen molar-refractivity contribution in [3.63, 3.8) is 0 Å². The zero-order valence-corrected chi connectivity index (χ0v) is 15.1. The molecule has 6 heteroatoms. The molecule has 1 heterocycles. The normalized spacial score (nSPS) is 12.9. The minimum Gasteiger partial charge on any atom is -0.497 e. The lowest BCUT2D eigenvalue weighted by Gasteiger charge is -2.04. The highest BCUT2D eigenvalue weighted by Crippen LogP contribution is 2.27. The van der Waals surface area contributed by atoms with Crippen LogP contribution < -0.4 is 10.2 Å². The van der Waals surface area contributed by atoms with Gasteiger partial charge < -0.3 is 4.74 Å². The fourth-order valence-corrected chi connectivity index (χ4v) is 3.34. The number of carbonyl (C=O) groups excluding carboxylic acids is 1. The number of carbonyl (C=O) groups is 1. The van der Waals surface area contributed by atoms with Crippen LogP contribution in [0.4, 0.5) is 0 Å². The van der Waals surface area contributed by atoms with Crippen molar-refractivity contribution in [3.05, 3.63) is 77.1 Å². The second kappa shape index (κ2) is 7.45. The highest BCUT2D eigenvalue weighted by atomic mass is 16.5. The van der Waals surface area contributed by atoms with Gasteiger partial charge in [-0.1, -0.05) is 30.3 Å². The smallest absolute Gasteiger partial charge is 0.292 e. The maximum Gasteiger partial charge on any atom is 0.292 e. The molecule has 1 aliphatic rings. The fourth-order valence-electron chi connectivity index (χ4n) is 3.34. The predicted octanol–water partition coefficient (Wildman–Crippen LogP) is 3.13. The van der Waals surface area contributed by atoms with Crippen molar-refractivity contribution in [2.75, 3.05) is 7.11 Å². The molecule has 1 N–H and O–H groups in total. The molecular weight excluding hydrogens is 340 g/mol. The van der Waals surface area contributed by atoms with Crippen LogP contribution in [0.25, 0.3) is 5.69 Å². The molecule has 1 aliphatic carbocycles. The van der Waals surface area contributed by atoms with Crippen LogP contribution in [0, 0.1) is 0 Å². The first-order valence-corrected chi connectivity index (χ1v) is 8.90. The van der Waals surface area contributed by atoms with Crippen LogP contribution in [0.15, 0.2) is 59.7 Å². The first kappa shape index (κ1) is 17.0. The molecular formula is C21H20N4O2. The van der Waals surface area contributed by atoms with E-state index in [0.29, 0.717) is 5.69 Å². The summed E-state index contributed by atoms with van der Waals surface area (Å²) < 4.78 is 7.06. The molecule has 0 spiro atoms. The number of nitrogens with zero attached hydrogens (tertiary/aromatic N) is 3. The first-order valence-electron chi connectivity index (χ1n) is 8.90. The van der Waals surface area contributed by atoms with Gasteiger partial charge in [-0.15, -0.1) is 0 Å². The van der Waals surface area contributed by atoms with Crippen molar-refractivity contribution < 1.29 is 9.53 Å². The number of hydrazone groups is 1. The number of hydrogen-bond donors (Lipinski definition) is 1. The Hall–Kier alpha value is -3.41. The number of nitrogens with one attached hydrogen (secondary N) is 1. The zero-order valence-electron chi connectivity index (χ0n) is 15.1. The van der Waals surface area contributed by atoms with Gasteiger partial charge in [-0.3, -0.25) is 4.79 Å². The highest BCUT2D eigenvalue weighted by molar-refractivity contribution is 5.95. The highest BCUT2D eigenvalue weighted by Gasteiger charge is 2.26. The molecule has 0 atom stereocenters. The van der Waals surface area contributed by atoms with Gasteiger partial charge in [-0.2, -0.15) is 10.2 Å². The molecule has 136 valence electrons. The molecule has 0 saturated heterocycles. The summed E-state index contributed by atoms with van der Waals surface area (Å²) in [6.45, 7) is 0. The number of hydrogen-bond acceptors (Lipinski definition) is 4. The predicted molar refractivity (Wildman–Crippen MR) is 104 cm³/mol. The summed E-state index contributed by atoms with van der Waals surface area (Å²) in [5.74, 6) is 0.451. The van der Waals surface area contributed by atoms with Gasteiger partial charge in [0.1, 0.15) is 5.75 Å². The fraction of sp³-hybridized carbons (Fsp3) is 0.190. The Bertz CT molecular complexity index is 993. The van der Waals surface area contributed by atoms with E-state index in [9.17, 15) is 4.79 Å². The van der Waals surface area contributed by atoms with E-state index < -0.39 is 0 Å². The summed E-state index contributed by atoms with van der Waals surface area (Å²) in [5.41, 5.74) is 6.99. The van der Waals surface area contributed by atoms with Gasteiger partial charge in [0.2, 0.25) is 0 Å². The SMILES string of the molecule is COc1cccc(/C=N/NC(=O)c2nn(-c3ccccc3)c3c2CCC3)c1. The van der Waals surface area contributed by atoms with Gasteiger partial charge in [0.05, 0.1) is 19.0 Å². The van der Waals surface area contributed by atoms with E-state index in [0.717, 1.165) is 47.5 Å². The summed E-state index contributed by atoms with van der Waals surface area (Å²) in [7, 11) is 1.61. The van der Waals surface area contributed by atoms with Crippen LogP contribution in [-0.2, 0) is 12.8 Å². The average Bonchev–Trinajstić information content (AvgIpc) is 3.31. The van der Waals surface area contributed by atoms with E-state index in [4.69, 9.17) is 4.74 Å². The second-order valence-corrected chi connectivity index (χ2v) is 6.35. The minimum atomic E-state index is -0.290. The monoisotopic (exact) mass is 360 g/mol. The van der Waals surface area contributed by atoms with Crippen molar-refractivity contribution in [3.8, 4) is 11.4 Å². The molecule has 0 aliphatic heterocycles. The standard InChI is InChI=1S/C21H20N4O2/c1-27-17-10-5-7-15(13-17)14-22-23-21(26)20-18-11-6-12-19(18)25(24-20)16-8-3-2-4-9-16/h2-5,7-10,13-14H,6,11-12H2,1H3,(H,23,26)/b22-14+. The van der Waals surface area contributed by atoms with Gasteiger partial charge in [0.25, 0.3) is 5.91 Å². The van der Waals surface area contributed by atoms with E-state index in [2.05, 4.69) is 15.6 Å². The summed E-state index contributed by atoms with van der Waals surface area (Å²) >= 11 is 0. The maximum absolute atomic E-state index is 12.6. The summed E-state index contributed by atoms with van der Waals surface area (Å²) in [6.07, 6.45) is 4.42. The molecule has 0 fully saturated rings. The number of amides is 1. The Morgan fingerprint density at radius 3 is 2.85 bits per heavy atom. The Morgan fingerprint density at radius 1 is 1.19 bits per heavy atom. The molecule has 27 heavy (non-hydrogen) atoms. The Morgan fingerprint density at radius 2 is 2.04 bits per heavy atom. The third-order valence-electron chi connectivity index (χ3n) is 4.62. The molecule has 0 radical (unpaired) electrons. The Kier molecular flexibility index (Phi) is 4.70. The third-order valence-corrected chi connectivity index (χ3v) is 4.62. The van der Waals surface area contributed by atoms with Gasteiger partial charge in [-0.05, 0) is 49.1 Å². The van der Waals surface area contributed by atoms with E-state index >= 15 is 0 Å². The zero-order chi connectivity index (χ0) is 18.6. The van der Waals surface area contributed by atoms with Crippen LogP contribution in [0.1, 0.15) is 33.7 Å². The lowest BCUT2D eigenvalue weighted by atomic mass is 10.2. The van der Waals surface area contributed by atoms with Crippen molar-refractivity contribution in [2.45, 2.75) is 19.3 Å². The van der Waals surface area contributed by atoms with E-state index in [1.807, 2.05) is 59.3 Å². The van der Waals surface area contributed by atoms with Gasteiger partial charge in [-0.25, -0.2) is 10.1 Å². The van der Waals surface area contributed by atoms with Crippen molar-refractivity contribution in [1.29, 1.82) is 0 Å². The lowest BCUT2D eigenvalue weighted by molar-refractivity contribution is 0.0949. The number of methoxy groups -OCH3 is 1. The van der Waals surface area contributed by atoms with Crippen LogP contribution in [0.3, 0.4) is 0 Å². The van der Waals surface area contributed by atoms with E-state index in [1.165, 1.54) is 0 Å². The maximum atomic E-state index is 12.6. The van der Waals surface area contributed by atoms with Crippen molar-refractivity contribution in [2.24, 2.45) is 5.10 Å². The largest absolute Gasteiger partial charge is 0.497 e. The molecule has 3 aromatic rings. The van der Waals surface area contributed by atoms with Crippen LogP contribution in [-0.4, -0.2) is 29.0 Å². The molecule has 0 bridgehead atoms.